The molecule has 7 nitrogen and oxygen atoms in total. The minimum Gasteiger partial charge on any atom is -0.547 e. The molecule has 0 radical (unpaired) electrons. The van der Waals surface area contributed by atoms with Crippen LogP contribution in [0.15, 0.2) is 38.5 Å². The van der Waals surface area contributed by atoms with Crippen LogP contribution in [0.2, 0.25) is 0 Å². The molecule has 0 aromatic heterocycles. The Morgan fingerprint density at radius 1 is 0.953 bits per heavy atom. The molecule has 0 aliphatic heterocycles. The zero-order valence-corrected chi connectivity index (χ0v) is 28.4. The number of nitrogens with zero attached hydrogens (tertiary/aromatic N) is 1. The summed E-state index contributed by atoms with van der Waals surface area (Å²) in [5.41, 5.74) is 0.0716. The first-order valence-corrected chi connectivity index (χ1v) is 16.6. The van der Waals surface area contributed by atoms with Gasteiger partial charge in [-0.2, -0.15) is 0 Å². The maximum atomic E-state index is 11.8. The van der Waals surface area contributed by atoms with Crippen LogP contribution in [-0.4, -0.2) is 69.7 Å². The molecule has 1 unspecified atom stereocenters. The number of ether oxygens (including phenoxy) is 4. The fourth-order valence-corrected chi connectivity index (χ4v) is 9.84. The molecule has 4 aliphatic carbocycles. The van der Waals surface area contributed by atoms with Gasteiger partial charge in [0.05, 0.1) is 65.2 Å². The number of carbonyl (C=O) groups is 1. The topological polar surface area (TPSA) is 77.0 Å². The third-order valence-electron chi connectivity index (χ3n) is 11.5. The molecule has 12 atom stereocenters. The maximum Gasteiger partial charge on any atom is 0.104 e. The van der Waals surface area contributed by atoms with Crippen molar-refractivity contribution in [2.45, 2.75) is 103 Å². The van der Waals surface area contributed by atoms with Gasteiger partial charge in [0.1, 0.15) is 12.2 Å². The smallest absolute Gasteiger partial charge is 0.104 e. The summed E-state index contributed by atoms with van der Waals surface area (Å²) in [6, 6.07) is 0. The van der Waals surface area contributed by atoms with Crippen LogP contribution in [0.1, 0.15) is 79.1 Å². The summed E-state index contributed by atoms with van der Waals surface area (Å²) in [7, 11) is 8.50. The van der Waals surface area contributed by atoms with Crippen molar-refractivity contribution in [2.75, 3.05) is 34.8 Å². The number of hydrogen-bond donors (Lipinski definition) is 0. The molecule has 0 bridgehead atoms. The van der Waals surface area contributed by atoms with Crippen LogP contribution in [0.5, 0.6) is 0 Å². The standard InChI is InChI=1S/C32H50O6.C4H12N/c1-8-35-22-14-15-31(6)21(17-22)18-26(36-9-2)29-24-13-12-23(20(5)16-27(30(33)34)37-10-3)32(24,7)28(38-11-4)19-25(29)31;1-5(2,3)4/h8-9,11,20-29H,1-2,4,10,12-19H2,3,5-7H3,(H,33,34);1-4H3/q;+1/p-1/t20-,21+,22-,23-,24+,25+,26-,27?,28+,29+,31+,32-;/m1./s1. The van der Waals surface area contributed by atoms with Gasteiger partial charge in [0.15, 0.2) is 0 Å². The van der Waals surface area contributed by atoms with Gasteiger partial charge in [-0.1, -0.05) is 40.5 Å². The zero-order chi connectivity index (χ0) is 32.2. The number of aliphatic carboxylic acids is 1. The Labute approximate surface area is 262 Å². The van der Waals surface area contributed by atoms with E-state index in [1.54, 1.807) is 18.8 Å². The van der Waals surface area contributed by atoms with Crippen molar-refractivity contribution in [3.05, 3.63) is 38.5 Å². The highest BCUT2D eigenvalue weighted by molar-refractivity contribution is 5.69. The highest BCUT2D eigenvalue weighted by atomic mass is 16.5. The van der Waals surface area contributed by atoms with E-state index in [2.05, 4.69) is 68.7 Å². The van der Waals surface area contributed by atoms with Crippen molar-refractivity contribution < 1.29 is 33.3 Å². The van der Waals surface area contributed by atoms with E-state index in [1.165, 1.54) is 0 Å². The highest BCUT2D eigenvalue weighted by Crippen LogP contribution is 2.69. The average molecular weight is 604 g/mol. The minimum atomic E-state index is -1.12. The number of carbonyl (C=O) groups excluding carboxylic acids is 1. The van der Waals surface area contributed by atoms with Crippen LogP contribution in [0.4, 0.5) is 0 Å². The highest BCUT2D eigenvalue weighted by Gasteiger charge is 2.67. The van der Waals surface area contributed by atoms with Crippen LogP contribution in [-0.2, 0) is 23.7 Å². The van der Waals surface area contributed by atoms with Crippen LogP contribution in [0.25, 0.3) is 0 Å². The Kier molecular flexibility index (Phi) is 11.9. The molecule has 0 amide bonds. The lowest BCUT2D eigenvalue weighted by Gasteiger charge is -2.64. The fraction of sp³-hybridized carbons (Fsp3) is 0.806. The fourth-order valence-electron chi connectivity index (χ4n) is 9.84. The molecular formula is C36H61NO6. The molecule has 0 spiro atoms. The molecule has 4 aliphatic rings. The molecule has 0 aromatic rings. The van der Waals surface area contributed by atoms with E-state index in [1.807, 2.05) is 6.92 Å². The number of carboxylic acids is 1. The Balaban J connectivity index is 0.000000934. The first kappa shape index (κ1) is 35.5. The van der Waals surface area contributed by atoms with Gasteiger partial charge in [0.25, 0.3) is 0 Å². The quantitative estimate of drug-likeness (QED) is 0.203. The Morgan fingerprint density at radius 2 is 1.58 bits per heavy atom. The number of fused-ring (bicyclic) bond motifs is 5. The molecule has 0 N–H and O–H groups in total. The Morgan fingerprint density at radius 3 is 2.14 bits per heavy atom. The van der Waals surface area contributed by atoms with Gasteiger partial charge in [-0.05, 0) is 93.3 Å². The molecule has 4 saturated carbocycles. The summed E-state index contributed by atoms with van der Waals surface area (Å²) in [6.45, 7) is 20.9. The molecule has 0 aromatic carbocycles. The summed E-state index contributed by atoms with van der Waals surface area (Å²) < 4.78 is 25.2. The second kappa shape index (κ2) is 14.4. The first-order chi connectivity index (χ1) is 20.1. The molecule has 0 heterocycles. The predicted octanol–water partition coefficient (Wildman–Crippen LogP) is 5.95. The van der Waals surface area contributed by atoms with Gasteiger partial charge in [-0.25, -0.2) is 0 Å². The lowest BCUT2D eigenvalue weighted by Crippen LogP contribution is -2.63. The van der Waals surface area contributed by atoms with Crippen molar-refractivity contribution in [1.82, 2.24) is 0 Å². The summed E-state index contributed by atoms with van der Waals surface area (Å²) in [5.74, 6) is 1.14. The number of carboxylic acid groups (broad SMARTS) is 1. The van der Waals surface area contributed by atoms with Crippen molar-refractivity contribution in [1.29, 1.82) is 0 Å². The second-order valence-electron chi connectivity index (χ2n) is 15.5. The van der Waals surface area contributed by atoms with Crippen molar-refractivity contribution >= 4 is 5.97 Å². The van der Waals surface area contributed by atoms with Gasteiger partial charge in [0.2, 0.25) is 0 Å². The first-order valence-electron chi connectivity index (χ1n) is 16.6. The third kappa shape index (κ3) is 7.64. The van der Waals surface area contributed by atoms with Gasteiger partial charge < -0.3 is 33.3 Å². The lowest BCUT2D eigenvalue weighted by molar-refractivity contribution is -0.849. The summed E-state index contributed by atoms with van der Waals surface area (Å²) in [6.07, 6.45) is 12.1. The average Bonchev–Trinajstić information content (AvgIpc) is 3.27. The van der Waals surface area contributed by atoms with E-state index in [-0.39, 0.29) is 35.1 Å². The van der Waals surface area contributed by atoms with Gasteiger partial charge >= 0.3 is 0 Å². The molecule has 4 rings (SSSR count). The van der Waals surface area contributed by atoms with E-state index >= 15 is 0 Å². The van der Waals surface area contributed by atoms with Crippen molar-refractivity contribution in [3.8, 4) is 0 Å². The van der Waals surface area contributed by atoms with Gasteiger partial charge in [-0.15, -0.1) is 0 Å². The van der Waals surface area contributed by atoms with Gasteiger partial charge in [-0.3, -0.25) is 0 Å². The van der Waals surface area contributed by atoms with Crippen LogP contribution >= 0.6 is 0 Å². The van der Waals surface area contributed by atoms with E-state index in [0.717, 1.165) is 49.4 Å². The number of quaternary nitrogens is 1. The Bertz CT molecular complexity index is 956. The predicted molar refractivity (Wildman–Crippen MR) is 169 cm³/mol. The molecular weight excluding hydrogens is 542 g/mol. The van der Waals surface area contributed by atoms with Crippen molar-refractivity contribution in [3.63, 3.8) is 0 Å². The van der Waals surface area contributed by atoms with Gasteiger partial charge in [0, 0.05) is 17.9 Å². The molecule has 246 valence electrons. The molecule has 43 heavy (non-hydrogen) atoms. The third-order valence-corrected chi connectivity index (χ3v) is 11.5. The van der Waals surface area contributed by atoms with E-state index in [0.29, 0.717) is 42.6 Å². The molecule has 0 saturated heterocycles. The monoisotopic (exact) mass is 603 g/mol. The number of hydrogen-bond acceptors (Lipinski definition) is 6. The van der Waals surface area contributed by atoms with E-state index < -0.39 is 12.1 Å². The lowest BCUT2D eigenvalue weighted by atomic mass is 9.43. The van der Waals surface area contributed by atoms with Crippen LogP contribution in [0, 0.1) is 46.3 Å². The van der Waals surface area contributed by atoms with Crippen LogP contribution in [0.3, 0.4) is 0 Å². The Hall–Kier alpha value is -1.99. The van der Waals surface area contributed by atoms with Crippen LogP contribution < -0.4 is 5.11 Å². The molecule has 7 heteroatoms. The zero-order valence-electron chi connectivity index (χ0n) is 28.4. The summed E-state index contributed by atoms with van der Waals surface area (Å²) in [5, 5.41) is 11.8. The minimum absolute atomic E-state index is 0.0248. The van der Waals surface area contributed by atoms with Crippen molar-refractivity contribution in [2.24, 2.45) is 46.3 Å². The largest absolute Gasteiger partial charge is 0.547 e. The normalized spacial score (nSPS) is 39.7. The summed E-state index contributed by atoms with van der Waals surface area (Å²) >= 11 is 0. The van der Waals surface area contributed by atoms with E-state index in [4.69, 9.17) is 18.9 Å². The second-order valence-corrected chi connectivity index (χ2v) is 15.5. The molecule has 4 fully saturated rings. The van der Waals surface area contributed by atoms with E-state index in [9.17, 15) is 9.90 Å². The SMILES string of the molecule is C=CO[C@@H]1CC[C@@]2(C)[C@@H](C1)C[C@@H](OC=C)[C@@H]1[C@@H]2C[C@H](OC=C)[C@]2(C)[C@@H]([C@H](C)CC(OCC)C(=O)[O-])CC[C@@H]12.C[N+](C)(C)C. The number of rotatable bonds is 12. The summed E-state index contributed by atoms with van der Waals surface area (Å²) in [4.78, 5) is 11.8. The maximum absolute atomic E-state index is 11.8.